The average molecular weight is 422 g/mol. The van der Waals surface area contributed by atoms with Crippen LogP contribution in [0.2, 0.25) is 0 Å². The van der Waals surface area contributed by atoms with E-state index in [2.05, 4.69) is 10.2 Å². The quantitative estimate of drug-likeness (QED) is 0.745. The van der Waals surface area contributed by atoms with Crippen LogP contribution in [0.25, 0.3) is 0 Å². The van der Waals surface area contributed by atoms with E-state index in [-0.39, 0.29) is 21.7 Å². The summed E-state index contributed by atoms with van der Waals surface area (Å²) in [6, 6.07) is 11.5. The maximum absolute atomic E-state index is 12.9. The summed E-state index contributed by atoms with van der Waals surface area (Å²) in [6.07, 6.45) is 2.79. The van der Waals surface area contributed by atoms with Crippen molar-refractivity contribution < 1.29 is 13.2 Å². The van der Waals surface area contributed by atoms with Gasteiger partial charge in [-0.1, -0.05) is 24.6 Å². The van der Waals surface area contributed by atoms with Crippen molar-refractivity contribution in [3.05, 3.63) is 46.7 Å². The normalized spacial score (nSPS) is 16.5. The van der Waals surface area contributed by atoms with Gasteiger partial charge in [-0.05, 0) is 43.3 Å². The molecule has 0 saturated carbocycles. The number of piperidine rings is 1. The predicted octanol–water partition coefficient (Wildman–Crippen LogP) is 3.18. The number of amides is 1. The fraction of sp³-hybridized carbons (Fsp3) is 0.450. The molecule has 1 aliphatic rings. The maximum Gasteiger partial charge on any atom is 0.262 e. The van der Waals surface area contributed by atoms with Gasteiger partial charge in [0, 0.05) is 38.4 Å². The summed E-state index contributed by atoms with van der Waals surface area (Å²) in [7, 11) is -1.64. The number of carbonyl (C=O) groups is 1. The van der Waals surface area contributed by atoms with Crippen LogP contribution in [-0.4, -0.2) is 51.4 Å². The van der Waals surface area contributed by atoms with E-state index in [1.807, 2.05) is 44.3 Å². The van der Waals surface area contributed by atoms with Gasteiger partial charge in [-0.25, -0.2) is 8.42 Å². The summed E-state index contributed by atoms with van der Waals surface area (Å²) >= 11 is 1.17. The molecule has 0 aliphatic carbocycles. The van der Waals surface area contributed by atoms with Crippen LogP contribution in [-0.2, 0) is 10.0 Å². The summed E-state index contributed by atoms with van der Waals surface area (Å²) in [5.74, 6) is -0.334. The smallest absolute Gasteiger partial charge is 0.262 e. The molecule has 0 radical (unpaired) electrons. The number of thiophene rings is 1. The van der Waals surface area contributed by atoms with E-state index in [0.717, 1.165) is 24.9 Å². The molecule has 0 spiro atoms. The lowest BCUT2D eigenvalue weighted by Crippen LogP contribution is -2.41. The van der Waals surface area contributed by atoms with Gasteiger partial charge in [-0.2, -0.15) is 4.31 Å². The summed E-state index contributed by atoms with van der Waals surface area (Å²) in [6.45, 7) is 3.49. The van der Waals surface area contributed by atoms with Crippen molar-refractivity contribution in [1.82, 2.24) is 9.62 Å². The van der Waals surface area contributed by atoms with Gasteiger partial charge in [-0.3, -0.25) is 4.79 Å². The molecule has 1 aromatic carbocycles. The summed E-state index contributed by atoms with van der Waals surface area (Å²) in [4.78, 5) is 15.2. The van der Waals surface area contributed by atoms with Gasteiger partial charge in [-0.15, -0.1) is 11.3 Å². The summed E-state index contributed by atoms with van der Waals surface area (Å²) in [5, 5.41) is 4.57. The van der Waals surface area contributed by atoms with E-state index in [9.17, 15) is 13.2 Å². The number of nitrogens with one attached hydrogen (secondary N) is 1. The van der Waals surface area contributed by atoms with Gasteiger partial charge in [0.15, 0.2) is 0 Å². The second-order valence-electron chi connectivity index (χ2n) is 7.08. The number of nitrogens with zero attached hydrogens (tertiary/aromatic N) is 2. The third-order valence-corrected chi connectivity index (χ3v) is 8.13. The Bertz CT molecular complexity index is 890. The molecule has 0 unspecified atom stereocenters. The minimum atomic E-state index is -3.62. The van der Waals surface area contributed by atoms with Crippen molar-refractivity contribution in [2.75, 3.05) is 31.6 Å². The fourth-order valence-electron chi connectivity index (χ4n) is 3.29. The van der Waals surface area contributed by atoms with Gasteiger partial charge in [0.1, 0.15) is 9.77 Å². The molecule has 8 heteroatoms. The van der Waals surface area contributed by atoms with Crippen molar-refractivity contribution in [2.24, 2.45) is 0 Å². The Morgan fingerprint density at radius 2 is 1.86 bits per heavy atom. The number of hydrogen-bond donors (Lipinski definition) is 1. The Labute approximate surface area is 171 Å². The molecular formula is C20H27N3O3S2. The second-order valence-corrected chi connectivity index (χ2v) is 9.91. The highest BCUT2D eigenvalue weighted by atomic mass is 32.2. The SMILES string of the molecule is C[C@@H](CNC(=O)c1sccc1S(=O)(=O)N1CCCCC1)N(C)c1ccccc1. The van der Waals surface area contributed by atoms with E-state index < -0.39 is 10.0 Å². The molecule has 152 valence electrons. The van der Waals surface area contributed by atoms with Crippen LogP contribution in [0.3, 0.4) is 0 Å². The molecule has 1 amide bonds. The minimum Gasteiger partial charge on any atom is -0.370 e. The first-order valence-electron chi connectivity index (χ1n) is 9.55. The number of hydrogen-bond acceptors (Lipinski definition) is 5. The van der Waals surface area contributed by atoms with Crippen LogP contribution in [0, 0.1) is 0 Å². The average Bonchev–Trinajstić information content (AvgIpc) is 3.23. The Balaban J connectivity index is 1.66. The number of benzene rings is 1. The number of sulfonamides is 1. The monoisotopic (exact) mass is 421 g/mol. The van der Waals surface area contributed by atoms with Gasteiger partial charge in [0.05, 0.1) is 0 Å². The highest BCUT2D eigenvalue weighted by Gasteiger charge is 2.31. The van der Waals surface area contributed by atoms with Crippen molar-refractivity contribution in [3.63, 3.8) is 0 Å². The zero-order valence-corrected chi connectivity index (χ0v) is 17.9. The third kappa shape index (κ3) is 4.56. The highest BCUT2D eigenvalue weighted by Crippen LogP contribution is 2.27. The first-order valence-corrected chi connectivity index (χ1v) is 11.9. The lowest BCUT2D eigenvalue weighted by atomic mass is 10.2. The molecule has 0 bridgehead atoms. The number of rotatable bonds is 7. The van der Waals surface area contributed by atoms with Crippen molar-refractivity contribution in [2.45, 2.75) is 37.1 Å². The van der Waals surface area contributed by atoms with Crippen molar-refractivity contribution >= 4 is 33.0 Å². The molecule has 1 N–H and O–H groups in total. The van der Waals surface area contributed by atoms with E-state index in [1.54, 1.807) is 11.4 Å². The second kappa shape index (κ2) is 9.07. The Kier molecular flexibility index (Phi) is 6.74. The lowest BCUT2D eigenvalue weighted by Gasteiger charge is -2.27. The van der Waals surface area contributed by atoms with Gasteiger partial charge < -0.3 is 10.2 Å². The zero-order valence-electron chi connectivity index (χ0n) is 16.3. The van der Waals surface area contributed by atoms with E-state index >= 15 is 0 Å². The maximum atomic E-state index is 12.9. The number of para-hydroxylation sites is 1. The molecule has 1 atom stereocenters. The van der Waals surface area contributed by atoms with Crippen molar-refractivity contribution in [1.29, 1.82) is 0 Å². The van der Waals surface area contributed by atoms with Crippen LogP contribution in [0.4, 0.5) is 5.69 Å². The van der Waals surface area contributed by atoms with Crippen LogP contribution < -0.4 is 10.2 Å². The number of carbonyl (C=O) groups excluding carboxylic acids is 1. The summed E-state index contributed by atoms with van der Waals surface area (Å²) in [5.41, 5.74) is 1.06. The van der Waals surface area contributed by atoms with Gasteiger partial charge in [0.2, 0.25) is 10.0 Å². The molecule has 28 heavy (non-hydrogen) atoms. The van der Waals surface area contributed by atoms with Crippen LogP contribution in [0.5, 0.6) is 0 Å². The first-order chi connectivity index (χ1) is 13.4. The third-order valence-electron chi connectivity index (χ3n) is 5.15. The standard InChI is InChI=1S/C20H27N3O3S2/c1-16(22(2)17-9-5-3-6-10-17)15-21-20(24)19-18(11-14-27-19)28(25,26)23-12-7-4-8-13-23/h3,5-6,9-11,14,16H,4,7-8,12-13,15H2,1-2H3,(H,21,24)/t16-/m0/s1. The molecule has 2 aromatic rings. The Morgan fingerprint density at radius 1 is 1.18 bits per heavy atom. The lowest BCUT2D eigenvalue weighted by molar-refractivity contribution is 0.0952. The van der Waals surface area contributed by atoms with Crippen LogP contribution in [0.15, 0.2) is 46.7 Å². The Morgan fingerprint density at radius 3 is 2.54 bits per heavy atom. The molecule has 3 rings (SSSR count). The molecule has 6 nitrogen and oxygen atoms in total. The van der Waals surface area contributed by atoms with E-state index in [4.69, 9.17) is 0 Å². The summed E-state index contributed by atoms with van der Waals surface area (Å²) < 4.78 is 27.4. The predicted molar refractivity (Wildman–Crippen MR) is 114 cm³/mol. The van der Waals surface area contributed by atoms with Gasteiger partial charge >= 0.3 is 0 Å². The fourth-order valence-corrected chi connectivity index (χ4v) is 6.12. The van der Waals surface area contributed by atoms with Gasteiger partial charge in [0.25, 0.3) is 5.91 Å². The zero-order chi connectivity index (χ0) is 20.1. The van der Waals surface area contributed by atoms with Crippen LogP contribution in [0.1, 0.15) is 35.9 Å². The van der Waals surface area contributed by atoms with Crippen LogP contribution >= 0.6 is 11.3 Å². The first kappa shape index (κ1) is 20.8. The van der Waals surface area contributed by atoms with Crippen molar-refractivity contribution in [3.8, 4) is 0 Å². The number of anilines is 1. The molecule has 1 aliphatic heterocycles. The number of likely N-dealkylation sites (N-methyl/N-ethyl adjacent to an activating group) is 1. The molecule has 1 aromatic heterocycles. The Hall–Kier alpha value is -1.90. The molecule has 2 heterocycles. The van der Waals surface area contributed by atoms with E-state index in [0.29, 0.717) is 19.6 Å². The molecule has 1 saturated heterocycles. The minimum absolute atomic E-state index is 0.0634. The molecular weight excluding hydrogens is 394 g/mol. The van der Waals surface area contributed by atoms with E-state index in [1.165, 1.54) is 15.6 Å². The highest BCUT2D eigenvalue weighted by molar-refractivity contribution is 7.89. The largest absolute Gasteiger partial charge is 0.370 e. The molecule has 1 fully saturated rings. The topological polar surface area (TPSA) is 69.7 Å².